The van der Waals surface area contributed by atoms with Gasteiger partial charge in [0.25, 0.3) is 0 Å². The average Bonchev–Trinajstić information content (AvgIpc) is 3.45. The summed E-state index contributed by atoms with van der Waals surface area (Å²) < 4.78 is 7.46. The summed E-state index contributed by atoms with van der Waals surface area (Å²) in [7, 11) is 1.96. The van der Waals surface area contributed by atoms with Gasteiger partial charge in [-0.3, -0.25) is 4.68 Å². The zero-order chi connectivity index (χ0) is 18.6. The predicted octanol–water partition coefficient (Wildman–Crippen LogP) is 3.09. The molecule has 0 aromatic carbocycles. The molecule has 0 radical (unpaired) electrons. The number of thiophene rings is 1. The lowest BCUT2D eigenvalue weighted by molar-refractivity contribution is 0.485. The molecule has 0 spiro atoms. The third-order valence-electron chi connectivity index (χ3n) is 4.69. The van der Waals surface area contributed by atoms with Gasteiger partial charge < -0.3 is 14.6 Å². The lowest BCUT2D eigenvalue weighted by atomic mass is 10.0. The van der Waals surface area contributed by atoms with Gasteiger partial charge >= 0.3 is 0 Å². The first kappa shape index (κ1) is 17.8. The molecule has 27 heavy (non-hydrogen) atoms. The minimum Gasteiger partial charge on any atom is -0.443 e. The maximum absolute atomic E-state index is 5.59. The number of nitrogens with zero attached hydrogens (tertiary/aromatic N) is 5. The number of aliphatic imine (C=N–C) groups is 1. The van der Waals surface area contributed by atoms with Crippen LogP contribution in [0, 0.1) is 0 Å². The van der Waals surface area contributed by atoms with E-state index < -0.39 is 0 Å². The summed E-state index contributed by atoms with van der Waals surface area (Å²) in [6.07, 6.45) is 6.90. The second-order valence-electron chi connectivity index (χ2n) is 6.67. The van der Waals surface area contributed by atoms with Crippen molar-refractivity contribution in [3.63, 3.8) is 0 Å². The third kappa shape index (κ3) is 4.05. The molecule has 1 N–H and O–H groups in total. The van der Waals surface area contributed by atoms with E-state index in [4.69, 9.17) is 9.41 Å². The van der Waals surface area contributed by atoms with Crippen LogP contribution >= 0.6 is 11.3 Å². The number of aromatic nitrogens is 3. The maximum atomic E-state index is 5.59. The molecule has 8 heteroatoms. The van der Waals surface area contributed by atoms with Gasteiger partial charge in [0.1, 0.15) is 12.0 Å². The summed E-state index contributed by atoms with van der Waals surface area (Å²) in [4.78, 5) is 12.7. The minimum absolute atomic E-state index is 0.500. The molecule has 1 fully saturated rings. The fraction of sp³-hybridized carbons (Fsp3) is 0.421. The second-order valence-corrected chi connectivity index (χ2v) is 7.62. The first-order valence-corrected chi connectivity index (χ1v) is 10.1. The number of hydrogen-bond acceptors (Lipinski definition) is 5. The van der Waals surface area contributed by atoms with Crippen LogP contribution in [0.25, 0.3) is 10.8 Å². The van der Waals surface area contributed by atoms with Gasteiger partial charge in [0.15, 0.2) is 5.96 Å². The summed E-state index contributed by atoms with van der Waals surface area (Å²) in [6.45, 7) is 5.38. The number of aryl methyl sites for hydroxylation is 1. The Morgan fingerprint density at radius 3 is 3.15 bits per heavy atom. The van der Waals surface area contributed by atoms with E-state index in [1.165, 1.54) is 5.56 Å². The van der Waals surface area contributed by atoms with Crippen LogP contribution in [0.15, 0.2) is 45.6 Å². The van der Waals surface area contributed by atoms with Gasteiger partial charge in [-0.25, -0.2) is 9.98 Å². The highest BCUT2D eigenvalue weighted by molar-refractivity contribution is 7.13. The first-order valence-electron chi connectivity index (χ1n) is 9.23. The molecule has 0 amide bonds. The predicted molar refractivity (Wildman–Crippen MR) is 107 cm³/mol. The van der Waals surface area contributed by atoms with Crippen LogP contribution < -0.4 is 5.32 Å². The van der Waals surface area contributed by atoms with Crippen LogP contribution in [0.3, 0.4) is 0 Å². The van der Waals surface area contributed by atoms with E-state index in [9.17, 15) is 0 Å². The van der Waals surface area contributed by atoms with Crippen molar-refractivity contribution in [3.05, 3.63) is 47.4 Å². The average molecular weight is 385 g/mol. The molecule has 0 saturated carbocycles. The number of oxazole rings is 1. The number of nitrogens with one attached hydrogen (secondary N) is 1. The summed E-state index contributed by atoms with van der Waals surface area (Å²) in [5.41, 5.74) is 2.14. The molecule has 3 aromatic heterocycles. The fourth-order valence-corrected chi connectivity index (χ4v) is 4.01. The van der Waals surface area contributed by atoms with E-state index >= 15 is 0 Å². The largest absolute Gasteiger partial charge is 0.443 e. The number of guanidine groups is 1. The fourth-order valence-electron chi connectivity index (χ4n) is 3.35. The molecule has 4 rings (SSSR count). The van der Waals surface area contributed by atoms with Crippen LogP contribution in [0.5, 0.6) is 0 Å². The van der Waals surface area contributed by atoms with Crippen molar-refractivity contribution in [2.45, 2.75) is 25.8 Å². The van der Waals surface area contributed by atoms with Crippen molar-refractivity contribution in [1.29, 1.82) is 0 Å². The van der Waals surface area contributed by atoms with Crippen LogP contribution in [-0.2, 0) is 13.6 Å². The van der Waals surface area contributed by atoms with Crippen molar-refractivity contribution in [2.75, 3.05) is 19.6 Å². The smallest absolute Gasteiger partial charge is 0.236 e. The molecule has 3 aromatic rings. The Morgan fingerprint density at radius 1 is 1.48 bits per heavy atom. The SMILES string of the molecule is CCNC(=NCc1coc(-c2cccs2)n1)N1CCC(c2cnn(C)c2)C1. The Hall–Kier alpha value is -2.61. The monoisotopic (exact) mass is 384 g/mol. The van der Waals surface area contributed by atoms with Crippen molar-refractivity contribution >= 4 is 17.3 Å². The Kier molecular flexibility index (Phi) is 5.24. The third-order valence-corrected chi connectivity index (χ3v) is 5.55. The van der Waals surface area contributed by atoms with Crippen LogP contribution in [0.2, 0.25) is 0 Å². The summed E-state index contributed by atoms with van der Waals surface area (Å²) in [5, 5.41) is 9.73. The number of likely N-dealkylation sites (tertiary alicyclic amines) is 1. The maximum Gasteiger partial charge on any atom is 0.236 e. The molecule has 4 heterocycles. The zero-order valence-electron chi connectivity index (χ0n) is 15.6. The van der Waals surface area contributed by atoms with Gasteiger partial charge in [-0.05, 0) is 30.4 Å². The molecule has 1 saturated heterocycles. The molecule has 142 valence electrons. The second kappa shape index (κ2) is 7.96. The summed E-state index contributed by atoms with van der Waals surface area (Å²) in [6, 6.07) is 4.01. The van der Waals surface area contributed by atoms with E-state index in [1.54, 1.807) is 17.6 Å². The molecule has 0 aliphatic carbocycles. The standard InChI is InChI=1S/C19H24N6OS/c1-3-20-19(25-7-6-14(12-25)15-9-22-24(2)11-15)21-10-16-13-26-18(23-16)17-5-4-8-27-17/h4-5,8-9,11,13-14H,3,6-7,10,12H2,1-2H3,(H,20,21). The lowest BCUT2D eigenvalue weighted by Gasteiger charge is -2.21. The molecule has 1 atom stereocenters. The Balaban J connectivity index is 1.43. The topological polar surface area (TPSA) is 71.5 Å². The van der Waals surface area contributed by atoms with Crippen LogP contribution in [0.1, 0.15) is 30.5 Å². The number of hydrogen-bond donors (Lipinski definition) is 1. The van der Waals surface area contributed by atoms with Crippen molar-refractivity contribution in [3.8, 4) is 10.8 Å². The Bertz CT molecular complexity index is 897. The van der Waals surface area contributed by atoms with Gasteiger partial charge in [-0.2, -0.15) is 5.10 Å². The van der Waals surface area contributed by atoms with E-state index in [2.05, 4.69) is 33.4 Å². The lowest BCUT2D eigenvalue weighted by Crippen LogP contribution is -2.40. The highest BCUT2D eigenvalue weighted by Crippen LogP contribution is 2.27. The van der Waals surface area contributed by atoms with E-state index in [-0.39, 0.29) is 0 Å². The van der Waals surface area contributed by atoms with Gasteiger partial charge in [0.2, 0.25) is 5.89 Å². The highest BCUT2D eigenvalue weighted by Gasteiger charge is 2.27. The van der Waals surface area contributed by atoms with Crippen molar-refractivity contribution in [2.24, 2.45) is 12.0 Å². The molecule has 1 unspecified atom stereocenters. The van der Waals surface area contributed by atoms with Gasteiger partial charge in [-0.1, -0.05) is 6.07 Å². The summed E-state index contributed by atoms with van der Waals surface area (Å²) >= 11 is 1.62. The zero-order valence-corrected chi connectivity index (χ0v) is 16.4. The van der Waals surface area contributed by atoms with E-state index in [0.29, 0.717) is 18.4 Å². The molecule has 1 aliphatic heterocycles. The quantitative estimate of drug-likeness (QED) is 0.541. The van der Waals surface area contributed by atoms with Crippen molar-refractivity contribution < 1.29 is 4.42 Å². The number of rotatable bonds is 5. The van der Waals surface area contributed by atoms with Crippen LogP contribution in [0.4, 0.5) is 0 Å². The minimum atomic E-state index is 0.500. The molecule has 1 aliphatic rings. The molecular formula is C19H24N6OS. The highest BCUT2D eigenvalue weighted by atomic mass is 32.1. The van der Waals surface area contributed by atoms with Crippen molar-refractivity contribution in [1.82, 2.24) is 25.0 Å². The van der Waals surface area contributed by atoms with Crippen LogP contribution in [-0.4, -0.2) is 45.3 Å². The summed E-state index contributed by atoms with van der Waals surface area (Å²) in [5.74, 6) is 2.10. The van der Waals surface area contributed by atoms with E-state index in [1.807, 2.05) is 35.4 Å². The Morgan fingerprint density at radius 2 is 2.41 bits per heavy atom. The molecule has 7 nitrogen and oxygen atoms in total. The normalized spacial score (nSPS) is 17.6. The molecule has 0 bridgehead atoms. The first-order chi connectivity index (χ1) is 13.2. The van der Waals surface area contributed by atoms with E-state index in [0.717, 1.165) is 42.6 Å². The van der Waals surface area contributed by atoms with Gasteiger partial charge in [0.05, 0.1) is 17.6 Å². The van der Waals surface area contributed by atoms with Gasteiger partial charge in [-0.15, -0.1) is 11.3 Å². The molecular weight excluding hydrogens is 360 g/mol. The van der Waals surface area contributed by atoms with Gasteiger partial charge in [0, 0.05) is 38.8 Å². The Labute approximate surface area is 162 Å².